The summed E-state index contributed by atoms with van der Waals surface area (Å²) in [6, 6.07) is 4.19. The largest absolute Gasteiger partial charge is 0.310 e. The zero-order chi connectivity index (χ0) is 13.0. The molecule has 1 aliphatic carbocycles. The summed E-state index contributed by atoms with van der Waals surface area (Å²) in [5.74, 6) is -0.691. The van der Waals surface area contributed by atoms with Gasteiger partial charge in [-0.3, -0.25) is 0 Å². The van der Waals surface area contributed by atoms with Crippen LogP contribution in [0.15, 0.2) is 18.2 Å². The van der Waals surface area contributed by atoms with E-state index in [1.807, 2.05) is 6.92 Å². The standard InChI is InChI=1S/C15H21F2N/c1-11(13-6-7-14(16)15(17)10-13)18-9-8-12-4-2-3-5-12/h6-7,10-12,18H,2-5,8-9H2,1H3. The first kappa shape index (κ1) is 13.5. The Morgan fingerprint density at radius 3 is 2.61 bits per heavy atom. The normalized spacial score (nSPS) is 18.2. The fourth-order valence-corrected chi connectivity index (χ4v) is 2.70. The maximum absolute atomic E-state index is 13.1. The lowest BCUT2D eigenvalue weighted by Crippen LogP contribution is -2.21. The lowest BCUT2D eigenvalue weighted by atomic mass is 10.0. The second kappa shape index (κ2) is 6.28. The topological polar surface area (TPSA) is 12.0 Å². The number of benzene rings is 1. The highest BCUT2D eigenvalue weighted by atomic mass is 19.2. The Kier molecular flexibility index (Phi) is 4.70. The smallest absolute Gasteiger partial charge is 0.159 e. The van der Waals surface area contributed by atoms with Crippen molar-refractivity contribution in [3.63, 3.8) is 0 Å². The molecule has 0 spiro atoms. The lowest BCUT2D eigenvalue weighted by molar-refractivity contribution is 0.452. The molecule has 1 fully saturated rings. The van der Waals surface area contributed by atoms with Gasteiger partial charge in [-0.15, -0.1) is 0 Å². The van der Waals surface area contributed by atoms with Crippen LogP contribution < -0.4 is 5.32 Å². The molecule has 0 aliphatic heterocycles. The third kappa shape index (κ3) is 3.52. The lowest BCUT2D eigenvalue weighted by Gasteiger charge is -2.16. The van der Waals surface area contributed by atoms with Crippen molar-refractivity contribution < 1.29 is 8.78 Å². The van der Waals surface area contributed by atoms with E-state index in [0.717, 1.165) is 18.0 Å². The van der Waals surface area contributed by atoms with E-state index in [9.17, 15) is 8.78 Å². The molecule has 1 saturated carbocycles. The van der Waals surface area contributed by atoms with Crippen LogP contribution in [0.2, 0.25) is 0 Å². The molecule has 0 saturated heterocycles. The van der Waals surface area contributed by atoms with Crippen LogP contribution in [-0.4, -0.2) is 6.54 Å². The Morgan fingerprint density at radius 2 is 1.94 bits per heavy atom. The van der Waals surface area contributed by atoms with Gasteiger partial charge in [-0.05, 0) is 43.5 Å². The van der Waals surface area contributed by atoms with E-state index in [4.69, 9.17) is 0 Å². The number of nitrogens with one attached hydrogen (secondary N) is 1. The Bertz CT molecular complexity index is 386. The van der Waals surface area contributed by atoms with E-state index >= 15 is 0 Å². The van der Waals surface area contributed by atoms with Crippen molar-refractivity contribution in [2.75, 3.05) is 6.54 Å². The van der Waals surface area contributed by atoms with Gasteiger partial charge in [-0.25, -0.2) is 8.78 Å². The van der Waals surface area contributed by atoms with E-state index in [1.54, 1.807) is 6.07 Å². The van der Waals surface area contributed by atoms with Crippen molar-refractivity contribution in [1.29, 1.82) is 0 Å². The van der Waals surface area contributed by atoms with Gasteiger partial charge in [0.25, 0.3) is 0 Å². The molecule has 0 aromatic heterocycles. The molecule has 1 nitrogen and oxygen atoms in total. The molecule has 1 aromatic carbocycles. The molecule has 0 amide bonds. The van der Waals surface area contributed by atoms with E-state index in [2.05, 4.69) is 5.32 Å². The number of hydrogen-bond acceptors (Lipinski definition) is 1. The van der Waals surface area contributed by atoms with Crippen LogP contribution in [0.4, 0.5) is 8.78 Å². The van der Waals surface area contributed by atoms with Gasteiger partial charge >= 0.3 is 0 Å². The maximum atomic E-state index is 13.1. The summed E-state index contributed by atoms with van der Waals surface area (Å²) in [5, 5.41) is 3.38. The van der Waals surface area contributed by atoms with Gasteiger partial charge in [0, 0.05) is 6.04 Å². The van der Waals surface area contributed by atoms with Crippen LogP contribution in [0.5, 0.6) is 0 Å². The molecule has 2 rings (SSSR count). The van der Waals surface area contributed by atoms with E-state index in [0.29, 0.717) is 0 Å². The summed E-state index contributed by atoms with van der Waals surface area (Å²) in [7, 11) is 0. The summed E-state index contributed by atoms with van der Waals surface area (Å²) >= 11 is 0. The van der Waals surface area contributed by atoms with Gasteiger partial charge in [-0.2, -0.15) is 0 Å². The fraction of sp³-hybridized carbons (Fsp3) is 0.600. The molecule has 0 heterocycles. The second-order valence-corrected chi connectivity index (χ2v) is 5.29. The number of hydrogen-bond donors (Lipinski definition) is 1. The SMILES string of the molecule is CC(NCCC1CCCC1)c1ccc(F)c(F)c1. The first-order valence-corrected chi connectivity index (χ1v) is 6.85. The zero-order valence-electron chi connectivity index (χ0n) is 10.9. The van der Waals surface area contributed by atoms with Crippen LogP contribution in [-0.2, 0) is 0 Å². The first-order chi connectivity index (χ1) is 8.66. The van der Waals surface area contributed by atoms with Crippen LogP contribution in [0, 0.1) is 17.6 Å². The van der Waals surface area contributed by atoms with Crippen molar-refractivity contribution in [3.8, 4) is 0 Å². The molecule has 1 atom stereocenters. The molecular formula is C15H21F2N. The van der Waals surface area contributed by atoms with Gasteiger partial charge in [0.05, 0.1) is 0 Å². The molecule has 100 valence electrons. The first-order valence-electron chi connectivity index (χ1n) is 6.85. The predicted molar refractivity (Wildman–Crippen MR) is 69.4 cm³/mol. The third-order valence-corrected chi connectivity index (χ3v) is 3.92. The molecule has 0 bridgehead atoms. The Morgan fingerprint density at radius 1 is 1.22 bits per heavy atom. The molecule has 3 heteroatoms. The molecule has 1 aliphatic rings. The van der Waals surface area contributed by atoms with Crippen molar-refractivity contribution in [2.45, 2.75) is 45.1 Å². The zero-order valence-corrected chi connectivity index (χ0v) is 10.9. The van der Waals surface area contributed by atoms with E-state index in [1.165, 1.54) is 44.2 Å². The van der Waals surface area contributed by atoms with Gasteiger partial charge in [-0.1, -0.05) is 31.7 Å². The quantitative estimate of drug-likeness (QED) is 0.829. The predicted octanol–water partition coefficient (Wildman–Crippen LogP) is 4.20. The highest BCUT2D eigenvalue weighted by Gasteiger charge is 2.15. The van der Waals surface area contributed by atoms with E-state index < -0.39 is 11.6 Å². The molecule has 1 aromatic rings. The monoisotopic (exact) mass is 253 g/mol. The Labute approximate surface area is 108 Å². The summed E-state index contributed by atoms with van der Waals surface area (Å²) in [4.78, 5) is 0. The van der Waals surface area contributed by atoms with Crippen molar-refractivity contribution in [3.05, 3.63) is 35.4 Å². The maximum Gasteiger partial charge on any atom is 0.159 e. The third-order valence-electron chi connectivity index (χ3n) is 3.92. The summed E-state index contributed by atoms with van der Waals surface area (Å²) in [6.07, 6.45) is 6.61. The number of rotatable bonds is 5. The highest BCUT2D eigenvalue weighted by Crippen LogP contribution is 2.27. The highest BCUT2D eigenvalue weighted by molar-refractivity contribution is 5.20. The van der Waals surface area contributed by atoms with Crippen LogP contribution in [0.25, 0.3) is 0 Å². The summed E-state index contributed by atoms with van der Waals surface area (Å²) in [6.45, 7) is 2.94. The minimum atomic E-state index is -0.781. The van der Waals surface area contributed by atoms with Gasteiger partial charge in [0.1, 0.15) is 0 Å². The molecule has 0 radical (unpaired) electrons. The fourth-order valence-electron chi connectivity index (χ4n) is 2.70. The van der Waals surface area contributed by atoms with Gasteiger partial charge < -0.3 is 5.32 Å². The second-order valence-electron chi connectivity index (χ2n) is 5.29. The van der Waals surface area contributed by atoms with Gasteiger partial charge in [0.15, 0.2) is 11.6 Å². The average Bonchev–Trinajstić information content (AvgIpc) is 2.85. The average molecular weight is 253 g/mol. The molecule has 1 N–H and O–H groups in total. The molecular weight excluding hydrogens is 232 g/mol. The number of halogens is 2. The van der Waals surface area contributed by atoms with E-state index in [-0.39, 0.29) is 6.04 Å². The Balaban J connectivity index is 1.79. The van der Waals surface area contributed by atoms with Crippen LogP contribution >= 0.6 is 0 Å². The minimum absolute atomic E-state index is 0.0708. The Hall–Kier alpha value is -0.960. The minimum Gasteiger partial charge on any atom is -0.310 e. The summed E-state index contributed by atoms with van der Waals surface area (Å²) < 4.78 is 25.9. The van der Waals surface area contributed by atoms with Crippen LogP contribution in [0.1, 0.15) is 50.6 Å². The van der Waals surface area contributed by atoms with Crippen molar-refractivity contribution in [2.24, 2.45) is 5.92 Å². The van der Waals surface area contributed by atoms with Crippen LogP contribution in [0.3, 0.4) is 0 Å². The molecule has 1 unspecified atom stereocenters. The van der Waals surface area contributed by atoms with Gasteiger partial charge in [0.2, 0.25) is 0 Å². The molecule has 18 heavy (non-hydrogen) atoms. The van der Waals surface area contributed by atoms with Crippen molar-refractivity contribution in [1.82, 2.24) is 5.32 Å². The summed E-state index contributed by atoms with van der Waals surface area (Å²) in [5.41, 5.74) is 0.806. The van der Waals surface area contributed by atoms with Crippen molar-refractivity contribution >= 4 is 0 Å².